The van der Waals surface area contributed by atoms with Crippen LogP contribution in [-0.2, 0) is 6.54 Å². The predicted molar refractivity (Wildman–Crippen MR) is 65.8 cm³/mol. The standard InChI is InChI=1S/C10H17BrN2S/c1-5-13(7(2)3)6-9-8(4)12-10(11)14-9/h7H,5-6H2,1-4H3. The topological polar surface area (TPSA) is 16.1 Å². The molecule has 0 N–H and O–H groups in total. The van der Waals surface area contributed by atoms with Gasteiger partial charge in [0.15, 0.2) is 3.92 Å². The molecule has 0 aliphatic rings. The van der Waals surface area contributed by atoms with Crippen LogP contribution in [0.1, 0.15) is 31.3 Å². The Kier molecular flexibility index (Phi) is 4.54. The van der Waals surface area contributed by atoms with Gasteiger partial charge in [0.05, 0.1) is 5.69 Å². The summed E-state index contributed by atoms with van der Waals surface area (Å²) >= 11 is 5.16. The van der Waals surface area contributed by atoms with E-state index in [2.05, 4.69) is 53.5 Å². The van der Waals surface area contributed by atoms with Crippen molar-refractivity contribution in [2.75, 3.05) is 6.54 Å². The summed E-state index contributed by atoms with van der Waals surface area (Å²) in [5.74, 6) is 0. The second kappa shape index (κ2) is 5.24. The lowest BCUT2D eigenvalue weighted by molar-refractivity contribution is 0.226. The number of hydrogen-bond acceptors (Lipinski definition) is 3. The van der Waals surface area contributed by atoms with Gasteiger partial charge in [-0.1, -0.05) is 6.92 Å². The van der Waals surface area contributed by atoms with Gasteiger partial charge in [0.2, 0.25) is 0 Å². The molecule has 0 saturated carbocycles. The molecule has 0 atom stereocenters. The van der Waals surface area contributed by atoms with E-state index < -0.39 is 0 Å². The van der Waals surface area contributed by atoms with Crippen molar-refractivity contribution in [3.63, 3.8) is 0 Å². The molecule has 0 aliphatic carbocycles. The smallest absolute Gasteiger partial charge is 0.159 e. The maximum absolute atomic E-state index is 4.37. The molecule has 0 bridgehead atoms. The predicted octanol–water partition coefficient (Wildman–Crippen LogP) is 3.44. The molecule has 0 saturated heterocycles. The summed E-state index contributed by atoms with van der Waals surface area (Å²) < 4.78 is 0.991. The largest absolute Gasteiger partial charge is 0.296 e. The highest BCUT2D eigenvalue weighted by molar-refractivity contribution is 9.11. The van der Waals surface area contributed by atoms with Crippen LogP contribution >= 0.6 is 27.3 Å². The normalized spacial score (nSPS) is 11.6. The Hall–Kier alpha value is 0.0700. The van der Waals surface area contributed by atoms with Gasteiger partial charge in [-0.25, -0.2) is 4.98 Å². The van der Waals surface area contributed by atoms with Crippen molar-refractivity contribution in [3.8, 4) is 0 Å². The van der Waals surface area contributed by atoms with E-state index in [1.165, 1.54) is 4.88 Å². The maximum Gasteiger partial charge on any atom is 0.159 e. The van der Waals surface area contributed by atoms with Gasteiger partial charge in [0.1, 0.15) is 0 Å². The molecule has 1 aromatic rings. The van der Waals surface area contributed by atoms with Crippen molar-refractivity contribution in [1.29, 1.82) is 0 Å². The van der Waals surface area contributed by atoms with Crippen LogP contribution in [0.15, 0.2) is 3.92 Å². The van der Waals surface area contributed by atoms with Gasteiger partial charge < -0.3 is 0 Å². The highest BCUT2D eigenvalue weighted by Crippen LogP contribution is 2.24. The van der Waals surface area contributed by atoms with Crippen LogP contribution in [0.2, 0.25) is 0 Å². The van der Waals surface area contributed by atoms with E-state index in [-0.39, 0.29) is 0 Å². The van der Waals surface area contributed by atoms with Crippen molar-refractivity contribution in [2.45, 2.75) is 40.3 Å². The lowest BCUT2D eigenvalue weighted by Crippen LogP contribution is -2.29. The van der Waals surface area contributed by atoms with Crippen LogP contribution in [0.3, 0.4) is 0 Å². The van der Waals surface area contributed by atoms with E-state index in [1.807, 2.05) is 0 Å². The molecule has 0 amide bonds. The first-order chi connectivity index (χ1) is 6.54. The molecule has 0 aromatic carbocycles. The number of aromatic nitrogens is 1. The Morgan fingerprint density at radius 2 is 2.14 bits per heavy atom. The summed E-state index contributed by atoms with van der Waals surface area (Å²) in [5.41, 5.74) is 1.15. The van der Waals surface area contributed by atoms with E-state index >= 15 is 0 Å². The Balaban J connectivity index is 2.71. The molecular weight excluding hydrogens is 260 g/mol. The van der Waals surface area contributed by atoms with Gasteiger partial charge >= 0.3 is 0 Å². The van der Waals surface area contributed by atoms with Crippen LogP contribution in [0.25, 0.3) is 0 Å². The number of hydrogen-bond donors (Lipinski definition) is 0. The van der Waals surface area contributed by atoms with E-state index in [9.17, 15) is 0 Å². The third-order valence-electron chi connectivity index (χ3n) is 2.35. The highest BCUT2D eigenvalue weighted by Gasteiger charge is 2.12. The minimum absolute atomic E-state index is 0.597. The maximum atomic E-state index is 4.37. The monoisotopic (exact) mass is 276 g/mol. The average Bonchev–Trinajstić information content (AvgIpc) is 2.40. The first-order valence-electron chi connectivity index (χ1n) is 4.90. The van der Waals surface area contributed by atoms with Gasteiger partial charge in [-0.3, -0.25) is 4.90 Å². The zero-order valence-corrected chi connectivity index (χ0v) is 11.6. The van der Waals surface area contributed by atoms with E-state index in [4.69, 9.17) is 0 Å². The number of rotatable bonds is 4. The lowest BCUT2D eigenvalue weighted by Gasteiger charge is -2.23. The van der Waals surface area contributed by atoms with E-state index in [1.54, 1.807) is 11.3 Å². The molecule has 1 heterocycles. The first-order valence-corrected chi connectivity index (χ1v) is 6.51. The Morgan fingerprint density at radius 3 is 2.50 bits per heavy atom. The highest BCUT2D eigenvalue weighted by atomic mass is 79.9. The second-order valence-corrected chi connectivity index (χ2v) is 5.99. The third-order valence-corrected chi connectivity index (χ3v) is 3.94. The van der Waals surface area contributed by atoms with Crippen LogP contribution in [0, 0.1) is 6.92 Å². The molecule has 0 aliphatic heterocycles. The molecule has 0 spiro atoms. The van der Waals surface area contributed by atoms with Gasteiger partial charge in [0, 0.05) is 17.5 Å². The van der Waals surface area contributed by atoms with Crippen molar-refractivity contribution in [1.82, 2.24) is 9.88 Å². The fourth-order valence-corrected chi connectivity index (χ4v) is 3.04. The Morgan fingerprint density at radius 1 is 1.50 bits per heavy atom. The van der Waals surface area contributed by atoms with Crippen LogP contribution in [0.4, 0.5) is 0 Å². The van der Waals surface area contributed by atoms with Gasteiger partial charge in [0.25, 0.3) is 0 Å². The lowest BCUT2D eigenvalue weighted by atomic mass is 10.3. The van der Waals surface area contributed by atoms with Crippen molar-refractivity contribution >= 4 is 27.3 Å². The molecule has 0 unspecified atom stereocenters. The van der Waals surface area contributed by atoms with E-state index in [0.29, 0.717) is 6.04 Å². The molecule has 1 aromatic heterocycles. The quantitative estimate of drug-likeness (QED) is 0.838. The first kappa shape index (κ1) is 12.1. The van der Waals surface area contributed by atoms with Crippen molar-refractivity contribution in [3.05, 3.63) is 14.5 Å². The van der Waals surface area contributed by atoms with Crippen molar-refractivity contribution in [2.24, 2.45) is 0 Å². The molecular formula is C10H17BrN2S. The zero-order valence-electron chi connectivity index (χ0n) is 9.17. The molecule has 0 fully saturated rings. The average molecular weight is 277 g/mol. The van der Waals surface area contributed by atoms with Gasteiger partial charge in [-0.2, -0.15) is 0 Å². The minimum Gasteiger partial charge on any atom is -0.296 e. The molecule has 14 heavy (non-hydrogen) atoms. The zero-order chi connectivity index (χ0) is 10.7. The van der Waals surface area contributed by atoms with Crippen molar-refractivity contribution < 1.29 is 0 Å². The summed E-state index contributed by atoms with van der Waals surface area (Å²) in [6, 6.07) is 0.597. The SMILES string of the molecule is CCN(Cc1sc(Br)nc1C)C(C)C. The van der Waals surface area contributed by atoms with Crippen LogP contribution in [-0.4, -0.2) is 22.5 Å². The summed E-state index contributed by atoms with van der Waals surface area (Å²) in [6.07, 6.45) is 0. The van der Waals surface area contributed by atoms with E-state index in [0.717, 1.165) is 22.7 Å². The summed E-state index contributed by atoms with van der Waals surface area (Å²) in [4.78, 5) is 8.17. The fourth-order valence-electron chi connectivity index (χ4n) is 1.38. The summed E-state index contributed by atoms with van der Waals surface area (Å²) in [5, 5.41) is 0. The molecule has 4 heteroatoms. The minimum atomic E-state index is 0.597. The molecule has 80 valence electrons. The van der Waals surface area contributed by atoms with Gasteiger partial charge in [-0.05, 0) is 43.2 Å². The summed E-state index contributed by atoms with van der Waals surface area (Å²) in [6.45, 7) is 10.8. The number of halogens is 1. The van der Waals surface area contributed by atoms with Crippen LogP contribution in [0.5, 0.6) is 0 Å². The molecule has 1 rings (SSSR count). The molecule has 2 nitrogen and oxygen atoms in total. The second-order valence-electron chi connectivity index (χ2n) is 3.63. The van der Waals surface area contributed by atoms with Crippen LogP contribution < -0.4 is 0 Å². The Labute approximate surface area is 98.5 Å². The third kappa shape index (κ3) is 3.04. The number of nitrogens with zero attached hydrogens (tertiary/aromatic N) is 2. The van der Waals surface area contributed by atoms with Gasteiger partial charge in [-0.15, -0.1) is 11.3 Å². The fraction of sp³-hybridized carbons (Fsp3) is 0.700. The number of aryl methyl sites for hydroxylation is 1. The Bertz CT molecular complexity index is 296. The molecule has 0 radical (unpaired) electrons. The number of thiazole rings is 1. The summed E-state index contributed by atoms with van der Waals surface area (Å²) in [7, 11) is 0.